The summed E-state index contributed by atoms with van der Waals surface area (Å²) in [6.07, 6.45) is -3.23. The van der Waals surface area contributed by atoms with Crippen LogP contribution in [0.1, 0.15) is 27.4 Å². The molecule has 0 atom stereocenters. The van der Waals surface area contributed by atoms with Crippen molar-refractivity contribution in [3.63, 3.8) is 0 Å². The molecule has 0 aliphatic rings. The van der Waals surface area contributed by atoms with E-state index < -0.39 is 17.8 Å². The van der Waals surface area contributed by atoms with Gasteiger partial charge in [-0.25, -0.2) is 9.50 Å². The first-order valence-electron chi connectivity index (χ1n) is 9.05. The van der Waals surface area contributed by atoms with Gasteiger partial charge in [0.1, 0.15) is 10.7 Å². The molecule has 33 heavy (non-hydrogen) atoms. The van der Waals surface area contributed by atoms with Crippen molar-refractivity contribution >= 4 is 68.1 Å². The summed E-state index contributed by atoms with van der Waals surface area (Å²) >= 11 is 21.4. The predicted molar refractivity (Wildman–Crippen MR) is 121 cm³/mol. The minimum atomic E-state index is -4.70. The zero-order chi connectivity index (χ0) is 24.1. The van der Waals surface area contributed by atoms with E-state index in [9.17, 15) is 18.0 Å². The molecule has 0 aliphatic heterocycles. The van der Waals surface area contributed by atoms with E-state index in [0.717, 1.165) is 6.07 Å². The highest BCUT2D eigenvalue weighted by atomic mass is 79.9. The maximum Gasteiger partial charge on any atom is 0.433 e. The molecule has 1 amide bonds. The number of aromatic nitrogens is 5. The second-order valence-electron chi connectivity index (χ2n) is 6.89. The third kappa shape index (κ3) is 4.81. The first-order chi connectivity index (χ1) is 15.4. The van der Waals surface area contributed by atoms with Crippen molar-refractivity contribution in [1.29, 1.82) is 0 Å². The Bertz CT molecular complexity index is 1400. The normalized spacial score (nSPS) is 11.9. The average molecular weight is 583 g/mol. The molecule has 7 nitrogen and oxygen atoms in total. The van der Waals surface area contributed by atoms with E-state index in [2.05, 4.69) is 36.4 Å². The lowest BCUT2D eigenvalue weighted by atomic mass is 10.2. The van der Waals surface area contributed by atoms with E-state index in [4.69, 9.17) is 34.8 Å². The van der Waals surface area contributed by atoms with Gasteiger partial charge in [-0.1, -0.05) is 40.9 Å². The lowest BCUT2D eigenvalue weighted by Gasteiger charge is -2.09. The quantitative estimate of drug-likeness (QED) is 0.308. The monoisotopic (exact) mass is 580 g/mol. The van der Waals surface area contributed by atoms with Crippen LogP contribution in [0.15, 0.2) is 34.9 Å². The van der Waals surface area contributed by atoms with Gasteiger partial charge in [-0.05, 0) is 46.6 Å². The second kappa shape index (κ2) is 8.79. The highest BCUT2D eigenvalue weighted by molar-refractivity contribution is 9.10. The molecule has 3 aromatic heterocycles. The number of carbonyl (C=O) groups excluding carboxylic acids is 1. The molecule has 0 bridgehead atoms. The fourth-order valence-corrected chi connectivity index (χ4v) is 4.20. The molecular weight excluding hydrogens is 572 g/mol. The van der Waals surface area contributed by atoms with Gasteiger partial charge in [0.25, 0.3) is 5.91 Å². The minimum Gasteiger partial charge on any atom is -0.302 e. The number of carbonyl (C=O) groups is 1. The summed E-state index contributed by atoms with van der Waals surface area (Å²) in [5.41, 5.74) is -0.703. The van der Waals surface area contributed by atoms with Gasteiger partial charge in [0.05, 0.1) is 11.0 Å². The minimum absolute atomic E-state index is 0.00213. The van der Waals surface area contributed by atoms with Crippen LogP contribution in [0.5, 0.6) is 0 Å². The number of aryl methyl sites for hydroxylation is 1. The molecule has 1 N–H and O–H groups in total. The van der Waals surface area contributed by atoms with Crippen molar-refractivity contribution in [3.05, 3.63) is 72.6 Å². The van der Waals surface area contributed by atoms with Crippen LogP contribution in [-0.2, 0) is 12.7 Å². The largest absolute Gasteiger partial charge is 0.433 e. The van der Waals surface area contributed by atoms with Crippen molar-refractivity contribution in [1.82, 2.24) is 24.4 Å². The molecule has 4 aromatic rings. The number of benzene rings is 1. The number of fused-ring (bicyclic) bond motifs is 1. The van der Waals surface area contributed by atoms with Crippen molar-refractivity contribution in [3.8, 4) is 0 Å². The Labute approximate surface area is 207 Å². The molecule has 0 saturated carbocycles. The number of anilines is 1. The second-order valence-corrected chi connectivity index (χ2v) is 8.94. The zero-order valence-corrected chi connectivity index (χ0v) is 20.2. The first-order valence-corrected chi connectivity index (χ1v) is 11.0. The summed E-state index contributed by atoms with van der Waals surface area (Å²) < 4.78 is 42.3. The predicted octanol–water partition coefficient (Wildman–Crippen LogP) is 6.28. The van der Waals surface area contributed by atoms with Crippen LogP contribution >= 0.6 is 50.7 Å². The standard InChI is InChI=1S/C19H11BrCl3F3N6O/c1-8-4-13(19(24,25)26)32-17(27-8)14(20)15(29-32)18(33)28-16-12(23)7-31(30-16)6-9-2-3-10(21)5-11(9)22/h2-5,7H,6H2,1H3,(H,28,30,33). The smallest absolute Gasteiger partial charge is 0.302 e. The van der Waals surface area contributed by atoms with E-state index in [0.29, 0.717) is 20.1 Å². The summed E-state index contributed by atoms with van der Waals surface area (Å²) in [6, 6.07) is 5.81. The number of nitrogens with one attached hydrogen (secondary N) is 1. The van der Waals surface area contributed by atoms with Crippen LogP contribution in [0.2, 0.25) is 15.1 Å². The van der Waals surface area contributed by atoms with Crippen molar-refractivity contribution in [2.24, 2.45) is 0 Å². The van der Waals surface area contributed by atoms with Gasteiger partial charge in [-0.3, -0.25) is 9.48 Å². The van der Waals surface area contributed by atoms with Gasteiger partial charge in [0.15, 0.2) is 17.2 Å². The van der Waals surface area contributed by atoms with Gasteiger partial charge < -0.3 is 5.32 Å². The molecule has 0 spiro atoms. The Morgan fingerprint density at radius 3 is 2.55 bits per heavy atom. The molecular formula is C19H11BrCl3F3N6O. The van der Waals surface area contributed by atoms with Crippen LogP contribution < -0.4 is 5.32 Å². The third-order valence-electron chi connectivity index (χ3n) is 4.46. The van der Waals surface area contributed by atoms with Crippen LogP contribution in [0.3, 0.4) is 0 Å². The third-order valence-corrected chi connectivity index (χ3v) is 6.06. The Morgan fingerprint density at radius 1 is 1.15 bits per heavy atom. The maximum absolute atomic E-state index is 13.4. The Morgan fingerprint density at radius 2 is 1.88 bits per heavy atom. The highest BCUT2D eigenvalue weighted by Crippen LogP contribution is 2.33. The molecule has 0 saturated heterocycles. The van der Waals surface area contributed by atoms with Gasteiger partial charge in [-0.15, -0.1) is 0 Å². The summed E-state index contributed by atoms with van der Waals surface area (Å²) in [4.78, 5) is 16.8. The lowest BCUT2D eigenvalue weighted by molar-refractivity contribution is -0.142. The van der Waals surface area contributed by atoms with Crippen molar-refractivity contribution in [2.45, 2.75) is 19.6 Å². The molecule has 4 rings (SSSR count). The topological polar surface area (TPSA) is 77.1 Å². The van der Waals surface area contributed by atoms with Gasteiger partial charge in [-0.2, -0.15) is 23.4 Å². The molecule has 172 valence electrons. The average Bonchev–Trinajstić information content (AvgIpc) is 3.22. The van der Waals surface area contributed by atoms with Crippen LogP contribution in [0, 0.1) is 6.92 Å². The van der Waals surface area contributed by atoms with Gasteiger partial charge >= 0.3 is 6.18 Å². The molecule has 0 aliphatic carbocycles. The molecule has 0 radical (unpaired) electrons. The van der Waals surface area contributed by atoms with Crippen LogP contribution in [0.4, 0.5) is 19.0 Å². The highest BCUT2D eigenvalue weighted by Gasteiger charge is 2.36. The fraction of sp³-hybridized carbons (Fsp3) is 0.158. The molecule has 3 heterocycles. The number of rotatable bonds is 4. The Balaban J connectivity index is 1.63. The fourth-order valence-electron chi connectivity index (χ4n) is 3.01. The molecule has 0 unspecified atom stereocenters. The number of hydrogen-bond donors (Lipinski definition) is 1. The lowest BCUT2D eigenvalue weighted by Crippen LogP contribution is -2.16. The van der Waals surface area contributed by atoms with Gasteiger partial charge in [0.2, 0.25) is 0 Å². The molecule has 1 aromatic carbocycles. The maximum atomic E-state index is 13.4. The first kappa shape index (κ1) is 23.8. The van der Waals surface area contributed by atoms with E-state index >= 15 is 0 Å². The summed E-state index contributed by atoms with van der Waals surface area (Å²) in [5, 5.41) is 11.5. The summed E-state index contributed by atoms with van der Waals surface area (Å²) in [7, 11) is 0. The Hall–Kier alpha value is -2.34. The summed E-state index contributed by atoms with van der Waals surface area (Å²) in [5.74, 6) is -0.828. The number of hydrogen-bond acceptors (Lipinski definition) is 4. The Kier molecular flexibility index (Phi) is 6.34. The zero-order valence-electron chi connectivity index (χ0n) is 16.4. The molecule has 0 fully saturated rings. The van der Waals surface area contributed by atoms with E-state index in [1.807, 2.05) is 0 Å². The summed E-state index contributed by atoms with van der Waals surface area (Å²) in [6.45, 7) is 1.65. The number of alkyl halides is 3. The van der Waals surface area contributed by atoms with Gasteiger partial charge in [0, 0.05) is 21.9 Å². The molecule has 14 heteroatoms. The van der Waals surface area contributed by atoms with E-state index in [1.54, 1.807) is 18.2 Å². The van der Waals surface area contributed by atoms with E-state index in [1.165, 1.54) is 17.8 Å². The number of nitrogens with zero attached hydrogens (tertiary/aromatic N) is 5. The SMILES string of the molecule is Cc1cc(C(F)(F)F)n2nc(C(=O)Nc3nn(Cc4ccc(Cl)cc4Cl)cc3Cl)c(Br)c2n1. The van der Waals surface area contributed by atoms with Crippen LogP contribution in [0.25, 0.3) is 5.65 Å². The van der Waals surface area contributed by atoms with Crippen LogP contribution in [-0.4, -0.2) is 30.3 Å². The number of halogens is 7. The van der Waals surface area contributed by atoms with Crippen molar-refractivity contribution in [2.75, 3.05) is 5.32 Å². The number of amides is 1. The van der Waals surface area contributed by atoms with E-state index in [-0.39, 0.29) is 38.9 Å². The van der Waals surface area contributed by atoms with Crippen molar-refractivity contribution < 1.29 is 18.0 Å².